The van der Waals surface area contributed by atoms with Crippen LogP contribution in [0.25, 0.3) is 0 Å². The molecular formula is C21H26O10. The third-order valence-corrected chi connectivity index (χ3v) is 4.17. The fourth-order valence-electron chi connectivity index (χ4n) is 3.11. The number of rotatable bonds is 8. The van der Waals surface area contributed by atoms with E-state index < -0.39 is 54.6 Å². The summed E-state index contributed by atoms with van der Waals surface area (Å²) < 4.78 is 32.4. The monoisotopic (exact) mass is 438 g/mol. The highest BCUT2D eigenvalue weighted by atomic mass is 16.7. The van der Waals surface area contributed by atoms with Gasteiger partial charge in [0, 0.05) is 27.7 Å². The van der Waals surface area contributed by atoms with Crippen LogP contribution in [0, 0.1) is 0 Å². The number of benzene rings is 1. The zero-order valence-corrected chi connectivity index (χ0v) is 17.8. The molecule has 1 aromatic rings. The Hall–Kier alpha value is -2.98. The summed E-state index contributed by atoms with van der Waals surface area (Å²) in [4.78, 5) is 46.6. The lowest BCUT2D eigenvalue weighted by Crippen LogP contribution is -2.63. The zero-order chi connectivity index (χ0) is 23.0. The molecule has 0 bridgehead atoms. The summed E-state index contributed by atoms with van der Waals surface area (Å²) in [6.07, 6.45) is -6.18. The Kier molecular flexibility index (Phi) is 8.95. The van der Waals surface area contributed by atoms with Gasteiger partial charge in [0.2, 0.25) is 12.4 Å². The molecule has 1 aromatic carbocycles. The van der Waals surface area contributed by atoms with Crippen molar-refractivity contribution in [3.8, 4) is 0 Å². The second-order valence-corrected chi connectivity index (χ2v) is 6.88. The van der Waals surface area contributed by atoms with Crippen molar-refractivity contribution in [2.75, 3.05) is 6.61 Å². The highest BCUT2D eigenvalue weighted by Crippen LogP contribution is 2.30. The van der Waals surface area contributed by atoms with Gasteiger partial charge in [0.15, 0.2) is 12.2 Å². The van der Waals surface area contributed by atoms with E-state index in [-0.39, 0.29) is 13.2 Å². The van der Waals surface area contributed by atoms with Gasteiger partial charge in [-0.3, -0.25) is 19.2 Å². The van der Waals surface area contributed by atoms with E-state index in [0.29, 0.717) is 0 Å². The van der Waals surface area contributed by atoms with Gasteiger partial charge in [-0.05, 0) is 5.56 Å². The highest BCUT2D eigenvalue weighted by Gasteiger charge is 2.53. The number of carbonyl (C=O) groups is 4. The molecule has 10 nitrogen and oxygen atoms in total. The number of ether oxygens (including phenoxy) is 6. The molecule has 1 heterocycles. The predicted molar refractivity (Wildman–Crippen MR) is 103 cm³/mol. The van der Waals surface area contributed by atoms with E-state index in [2.05, 4.69) is 0 Å². The lowest BCUT2D eigenvalue weighted by Gasteiger charge is -2.43. The van der Waals surface area contributed by atoms with E-state index in [4.69, 9.17) is 28.4 Å². The maximum absolute atomic E-state index is 11.7. The first kappa shape index (κ1) is 24.3. The molecule has 0 aliphatic carbocycles. The second-order valence-electron chi connectivity index (χ2n) is 6.88. The van der Waals surface area contributed by atoms with Crippen LogP contribution >= 0.6 is 0 Å². The minimum Gasteiger partial charge on any atom is -0.456 e. The third-order valence-electron chi connectivity index (χ3n) is 4.17. The molecule has 1 unspecified atom stereocenters. The Morgan fingerprint density at radius 3 is 1.81 bits per heavy atom. The Morgan fingerprint density at radius 1 is 0.742 bits per heavy atom. The summed E-state index contributed by atoms with van der Waals surface area (Å²) in [6.45, 7) is 4.74. The van der Waals surface area contributed by atoms with Gasteiger partial charge in [-0.15, -0.1) is 0 Å². The highest BCUT2D eigenvalue weighted by molar-refractivity contribution is 5.69. The van der Waals surface area contributed by atoms with E-state index in [0.717, 1.165) is 26.3 Å². The van der Waals surface area contributed by atoms with Gasteiger partial charge in [-0.1, -0.05) is 30.3 Å². The normalized spacial score (nSPS) is 25.2. The Balaban J connectivity index is 2.28. The molecule has 0 spiro atoms. The molecule has 1 aliphatic rings. The summed E-state index contributed by atoms with van der Waals surface area (Å²) in [5.41, 5.74) is 0.896. The summed E-state index contributed by atoms with van der Waals surface area (Å²) in [6, 6.07) is 9.31. The average molecular weight is 438 g/mol. The van der Waals surface area contributed by atoms with Gasteiger partial charge in [0.05, 0.1) is 13.2 Å². The number of carbonyl (C=O) groups excluding carboxylic acids is 4. The van der Waals surface area contributed by atoms with Crippen molar-refractivity contribution < 1.29 is 47.6 Å². The van der Waals surface area contributed by atoms with Crippen molar-refractivity contribution in [3.63, 3.8) is 0 Å². The van der Waals surface area contributed by atoms with E-state index in [9.17, 15) is 19.2 Å². The molecule has 1 saturated heterocycles. The molecule has 0 aromatic heterocycles. The van der Waals surface area contributed by atoms with Crippen LogP contribution in [0.5, 0.6) is 0 Å². The van der Waals surface area contributed by atoms with Crippen LogP contribution in [0.4, 0.5) is 0 Å². The van der Waals surface area contributed by atoms with Gasteiger partial charge < -0.3 is 28.4 Å². The maximum Gasteiger partial charge on any atom is 0.305 e. The summed E-state index contributed by atoms with van der Waals surface area (Å²) in [5.74, 6) is -2.83. The lowest BCUT2D eigenvalue weighted by molar-refractivity contribution is -0.301. The van der Waals surface area contributed by atoms with Gasteiger partial charge in [0.25, 0.3) is 0 Å². The zero-order valence-electron chi connectivity index (χ0n) is 17.8. The molecule has 170 valence electrons. The summed E-state index contributed by atoms with van der Waals surface area (Å²) >= 11 is 0. The Labute approximate surface area is 179 Å². The number of hydrogen-bond acceptors (Lipinski definition) is 10. The van der Waals surface area contributed by atoms with Crippen molar-refractivity contribution in [1.82, 2.24) is 0 Å². The third kappa shape index (κ3) is 7.65. The van der Waals surface area contributed by atoms with E-state index >= 15 is 0 Å². The standard InChI is InChI=1S/C21H26O10/c1-12(22)27-18-17(11-26-10-16-8-6-5-7-9-16)31-21(30-15(4)25)20(29-14(3)24)19(18)28-13(2)23/h5-9,17-21H,10-11H2,1-4H3/t17-,18+,19+,20-,21?/m0/s1. The first-order valence-electron chi connectivity index (χ1n) is 9.63. The quantitative estimate of drug-likeness (QED) is 0.433. The number of hydrogen-bond donors (Lipinski definition) is 0. The maximum atomic E-state index is 11.7. The predicted octanol–water partition coefficient (Wildman–Crippen LogP) is 1.29. The van der Waals surface area contributed by atoms with Crippen LogP contribution in [0.3, 0.4) is 0 Å². The molecule has 0 amide bonds. The smallest absolute Gasteiger partial charge is 0.305 e. The van der Waals surface area contributed by atoms with Crippen LogP contribution in [0.2, 0.25) is 0 Å². The van der Waals surface area contributed by atoms with Crippen molar-refractivity contribution in [2.24, 2.45) is 0 Å². The molecule has 31 heavy (non-hydrogen) atoms. The van der Waals surface area contributed by atoms with Crippen molar-refractivity contribution >= 4 is 23.9 Å². The van der Waals surface area contributed by atoms with Crippen LogP contribution < -0.4 is 0 Å². The van der Waals surface area contributed by atoms with E-state index in [1.165, 1.54) is 6.92 Å². The lowest BCUT2D eigenvalue weighted by atomic mass is 9.98. The summed E-state index contributed by atoms with van der Waals surface area (Å²) in [5, 5.41) is 0. The van der Waals surface area contributed by atoms with Gasteiger partial charge >= 0.3 is 23.9 Å². The molecule has 0 saturated carbocycles. The van der Waals surface area contributed by atoms with Crippen LogP contribution in [0.15, 0.2) is 30.3 Å². The van der Waals surface area contributed by atoms with Crippen LogP contribution in [-0.2, 0) is 54.2 Å². The molecule has 2 rings (SSSR count). The van der Waals surface area contributed by atoms with Crippen molar-refractivity contribution in [2.45, 2.75) is 65.0 Å². The van der Waals surface area contributed by atoms with E-state index in [1.807, 2.05) is 30.3 Å². The minimum absolute atomic E-state index is 0.0881. The number of esters is 4. The summed E-state index contributed by atoms with van der Waals surface area (Å²) in [7, 11) is 0. The molecular weight excluding hydrogens is 412 g/mol. The first-order valence-corrected chi connectivity index (χ1v) is 9.63. The molecule has 5 atom stereocenters. The molecule has 0 radical (unpaired) electrons. The van der Waals surface area contributed by atoms with E-state index in [1.54, 1.807) is 0 Å². The first-order chi connectivity index (χ1) is 14.7. The van der Waals surface area contributed by atoms with Crippen LogP contribution in [-0.4, -0.2) is 61.2 Å². The molecule has 1 aliphatic heterocycles. The fourth-order valence-corrected chi connectivity index (χ4v) is 3.11. The second kappa shape index (κ2) is 11.4. The SMILES string of the molecule is CC(=O)OC1O[C@@H](COCc2ccccc2)[C@@H](OC(C)=O)[C@@H](OC(C)=O)[C@@H]1OC(C)=O. The largest absolute Gasteiger partial charge is 0.456 e. The average Bonchev–Trinajstić information content (AvgIpc) is 2.66. The molecule has 1 fully saturated rings. The van der Waals surface area contributed by atoms with Crippen LogP contribution in [0.1, 0.15) is 33.3 Å². The Bertz CT molecular complexity index is 778. The van der Waals surface area contributed by atoms with Gasteiger partial charge in [0.1, 0.15) is 6.10 Å². The fraction of sp³-hybridized carbons (Fsp3) is 0.524. The molecule has 10 heteroatoms. The van der Waals surface area contributed by atoms with Crippen molar-refractivity contribution in [3.05, 3.63) is 35.9 Å². The van der Waals surface area contributed by atoms with Crippen molar-refractivity contribution in [1.29, 1.82) is 0 Å². The molecule has 0 N–H and O–H groups in total. The van der Waals surface area contributed by atoms with Gasteiger partial charge in [-0.2, -0.15) is 0 Å². The van der Waals surface area contributed by atoms with Gasteiger partial charge in [-0.25, -0.2) is 0 Å². The minimum atomic E-state index is -1.40. The topological polar surface area (TPSA) is 124 Å². The Morgan fingerprint density at radius 2 is 1.26 bits per heavy atom.